The van der Waals surface area contributed by atoms with E-state index in [0.717, 1.165) is 11.4 Å². The number of hydrogen-bond acceptors (Lipinski definition) is 4. The zero-order valence-corrected chi connectivity index (χ0v) is 10.5. The molecule has 3 N–H and O–H groups in total. The van der Waals surface area contributed by atoms with E-state index in [1.54, 1.807) is 17.9 Å². The zero-order valence-electron chi connectivity index (χ0n) is 10.5. The summed E-state index contributed by atoms with van der Waals surface area (Å²) in [5.41, 5.74) is 7.71. The van der Waals surface area contributed by atoms with Crippen molar-refractivity contribution in [3.8, 4) is 5.75 Å². The van der Waals surface area contributed by atoms with Gasteiger partial charge in [0.25, 0.3) is 0 Å². The lowest BCUT2D eigenvalue weighted by Crippen LogP contribution is -1.99. The van der Waals surface area contributed by atoms with Gasteiger partial charge in [-0.3, -0.25) is 4.68 Å². The van der Waals surface area contributed by atoms with E-state index in [1.807, 2.05) is 6.92 Å². The largest absolute Gasteiger partial charge is 0.495 e. The van der Waals surface area contributed by atoms with Crippen LogP contribution in [0.4, 0.5) is 21.5 Å². The number of aromatic nitrogens is 2. The van der Waals surface area contributed by atoms with Crippen LogP contribution >= 0.6 is 0 Å². The molecule has 2 rings (SSSR count). The Bertz CT molecular complexity index is 580. The zero-order chi connectivity index (χ0) is 13.3. The molecule has 0 fully saturated rings. The van der Waals surface area contributed by atoms with E-state index in [-0.39, 0.29) is 5.69 Å². The van der Waals surface area contributed by atoms with E-state index in [4.69, 9.17) is 10.5 Å². The van der Waals surface area contributed by atoms with Crippen molar-refractivity contribution in [2.75, 3.05) is 18.2 Å². The van der Waals surface area contributed by atoms with Gasteiger partial charge in [0.15, 0.2) is 0 Å². The molecule has 0 atom stereocenters. The summed E-state index contributed by atoms with van der Waals surface area (Å²) in [4.78, 5) is 0. The van der Waals surface area contributed by atoms with Crippen LogP contribution in [0.5, 0.6) is 5.75 Å². The molecule has 96 valence electrons. The van der Waals surface area contributed by atoms with Crippen LogP contribution in [0.1, 0.15) is 5.69 Å². The molecule has 0 saturated carbocycles. The molecule has 1 aromatic carbocycles. The number of nitrogens with two attached hydrogens (primary N) is 1. The number of hydrogen-bond donors (Lipinski definition) is 2. The van der Waals surface area contributed by atoms with Gasteiger partial charge in [-0.15, -0.1) is 0 Å². The molecule has 18 heavy (non-hydrogen) atoms. The Balaban J connectivity index is 2.37. The molecule has 0 aliphatic heterocycles. The van der Waals surface area contributed by atoms with E-state index in [1.165, 1.54) is 19.2 Å². The van der Waals surface area contributed by atoms with Gasteiger partial charge in [0.1, 0.15) is 11.6 Å². The van der Waals surface area contributed by atoms with E-state index in [0.29, 0.717) is 11.4 Å². The Morgan fingerprint density at radius 3 is 2.67 bits per heavy atom. The number of ether oxygens (including phenoxy) is 1. The fourth-order valence-electron chi connectivity index (χ4n) is 1.71. The van der Waals surface area contributed by atoms with Gasteiger partial charge < -0.3 is 15.8 Å². The Morgan fingerprint density at radius 1 is 1.39 bits per heavy atom. The first-order chi connectivity index (χ1) is 8.51. The molecule has 5 nitrogen and oxygen atoms in total. The summed E-state index contributed by atoms with van der Waals surface area (Å²) in [5, 5.41) is 7.14. The van der Waals surface area contributed by atoms with Gasteiger partial charge in [-0.2, -0.15) is 5.10 Å². The van der Waals surface area contributed by atoms with Crippen molar-refractivity contribution in [1.29, 1.82) is 0 Å². The Labute approximate surface area is 104 Å². The number of anilines is 3. The lowest BCUT2D eigenvalue weighted by Gasteiger charge is -2.10. The fourth-order valence-corrected chi connectivity index (χ4v) is 1.71. The molecule has 1 aromatic heterocycles. The first-order valence-electron chi connectivity index (χ1n) is 5.41. The minimum Gasteiger partial charge on any atom is -0.495 e. The van der Waals surface area contributed by atoms with Crippen LogP contribution < -0.4 is 15.8 Å². The Hall–Kier alpha value is -2.24. The van der Waals surface area contributed by atoms with E-state index < -0.39 is 5.82 Å². The van der Waals surface area contributed by atoms with Gasteiger partial charge in [-0.25, -0.2) is 4.39 Å². The molecule has 0 bridgehead atoms. The fraction of sp³-hybridized carbons (Fsp3) is 0.250. The van der Waals surface area contributed by atoms with Crippen molar-refractivity contribution in [3.05, 3.63) is 29.8 Å². The molecule has 2 aromatic rings. The third-order valence-electron chi connectivity index (χ3n) is 2.60. The Kier molecular flexibility index (Phi) is 3.10. The summed E-state index contributed by atoms with van der Waals surface area (Å²) in [6.45, 7) is 1.84. The lowest BCUT2D eigenvalue weighted by molar-refractivity contribution is 0.416. The van der Waals surface area contributed by atoms with Gasteiger partial charge in [-0.05, 0) is 6.92 Å². The smallest absolute Gasteiger partial charge is 0.148 e. The van der Waals surface area contributed by atoms with E-state index >= 15 is 0 Å². The SMILES string of the molecule is COc1cc(Nc2cn(C)nc2C)c(F)cc1N. The minimum atomic E-state index is -0.434. The maximum Gasteiger partial charge on any atom is 0.148 e. The number of halogens is 1. The van der Waals surface area contributed by atoms with Gasteiger partial charge in [0, 0.05) is 25.4 Å². The van der Waals surface area contributed by atoms with Crippen molar-refractivity contribution in [2.45, 2.75) is 6.92 Å². The average Bonchev–Trinajstić information content (AvgIpc) is 2.61. The number of nitrogens with zero attached hydrogens (tertiary/aromatic N) is 2. The number of benzene rings is 1. The molecular weight excluding hydrogens is 235 g/mol. The molecule has 0 unspecified atom stereocenters. The molecule has 6 heteroatoms. The standard InChI is InChI=1S/C12H15FN4O/c1-7-11(6-17(2)16-7)15-10-5-12(18-3)9(14)4-8(10)13/h4-6,15H,14H2,1-3H3. The highest BCUT2D eigenvalue weighted by atomic mass is 19.1. The molecule has 0 radical (unpaired) electrons. The quantitative estimate of drug-likeness (QED) is 0.820. The van der Waals surface area contributed by atoms with Crippen LogP contribution in [-0.4, -0.2) is 16.9 Å². The maximum absolute atomic E-state index is 13.8. The van der Waals surface area contributed by atoms with Crippen molar-refractivity contribution >= 4 is 17.1 Å². The van der Waals surface area contributed by atoms with E-state index in [2.05, 4.69) is 10.4 Å². The maximum atomic E-state index is 13.8. The van der Waals surface area contributed by atoms with Gasteiger partial charge in [-0.1, -0.05) is 0 Å². The molecule has 1 heterocycles. The summed E-state index contributed by atoms with van der Waals surface area (Å²) >= 11 is 0. The van der Waals surface area contributed by atoms with Crippen LogP contribution in [0.2, 0.25) is 0 Å². The average molecular weight is 250 g/mol. The molecule has 0 aliphatic carbocycles. The number of nitrogen functional groups attached to an aromatic ring is 1. The van der Waals surface area contributed by atoms with Crippen LogP contribution in [0.3, 0.4) is 0 Å². The van der Waals surface area contributed by atoms with Crippen LogP contribution in [0.15, 0.2) is 18.3 Å². The first-order valence-corrected chi connectivity index (χ1v) is 5.41. The molecule has 0 spiro atoms. The predicted molar refractivity (Wildman–Crippen MR) is 68.6 cm³/mol. The normalized spacial score (nSPS) is 10.4. The number of nitrogens with one attached hydrogen (secondary N) is 1. The third-order valence-corrected chi connectivity index (χ3v) is 2.60. The van der Waals surface area contributed by atoms with Crippen LogP contribution in [-0.2, 0) is 7.05 Å². The topological polar surface area (TPSA) is 65.1 Å². The Morgan fingerprint density at radius 2 is 2.11 bits per heavy atom. The molecule has 0 saturated heterocycles. The van der Waals surface area contributed by atoms with Gasteiger partial charge in [0.2, 0.25) is 0 Å². The van der Waals surface area contributed by atoms with Crippen molar-refractivity contribution in [1.82, 2.24) is 9.78 Å². The minimum absolute atomic E-state index is 0.267. The van der Waals surface area contributed by atoms with Crippen LogP contribution in [0, 0.1) is 12.7 Å². The van der Waals surface area contributed by atoms with Crippen molar-refractivity contribution in [2.24, 2.45) is 7.05 Å². The van der Waals surface area contributed by atoms with Crippen molar-refractivity contribution in [3.63, 3.8) is 0 Å². The second-order valence-corrected chi connectivity index (χ2v) is 4.00. The third kappa shape index (κ3) is 2.22. The molecule has 0 amide bonds. The van der Waals surface area contributed by atoms with Crippen molar-refractivity contribution < 1.29 is 9.13 Å². The summed E-state index contributed by atoms with van der Waals surface area (Å²) in [5.74, 6) is -0.00278. The summed E-state index contributed by atoms with van der Waals surface area (Å²) in [7, 11) is 3.29. The monoisotopic (exact) mass is 250 g/mol. The van der Waals surface area contributed by atoms with Gasteiger partial charge in [0.05, 0.1) is 29.9 Å². The van der Waals surface area contributed by atoms with Gasteiger partial charge >= 0.3 is 0 Å². The number of aryl methyl sites for hydroxylation is 2. The highest BCUT2D eigenvalue weighted by Crippen LogP contribution is 2.30. The van der Waals surface area contributed by atoms with Crippen LogP contribution in [0.25, 0.3) is 0 Å². The second kappa shape index (κ2) is 4.56. The highest BCUT2D eigenvalue weighted by molar-refractivity contribution is 5.68. The second-order valence-electron chi connectivity index (χ2n) is 4.00. The summed E-state index contributed by atoms with van der Waals surface area (Å²) < 4.78 is 20.5. The first kappa shape index (κ1) is 12.2. The number of rotatable bonds is 3. The summed E-state index contributed by atoms with van der Waals surface area (Å²) in [6, 6.07) is 2.75. The van der Waals surface area contributed by atoms with E-state index in [9.17, 15) is 4.39 Å². The molecule has 0 aliphatic rings. The lowest BCUT2D eigenvalue weighted by atomic mass is 10.2. The number of methoxy groups -OCH3 is 1. The summed E-state index contributed by atoms with van der Waals surface area (Å²) in [6.07, 6.45) is 1.78. The molecular formula is C12H15FN4O. The predicted octanol–water partition coefficient (Wildman–Crippen LogP) is 2.20. The highest BCUT2D eigenvalue weighted by Gasteiger charge is 2.11.